The number of hydrogen-bond acceptors (Lipinski definition) is 8. The maximum Gasteiger partial charge on any atom is 0.205 e. The molecule has 10 heteroatoms. The van der Waals surface area contributed by atoms with Gasteiger partial charge >= 0.3 is 0 Å². The molecule has 1 fully saturated rings. The molecule has 10 nitrogen and oxygen atoms in total. The highest BCUT2D eigenvalue weighted by Gasteiger charge is 2.24. The predicted octanol–water partition coefficient (Wildman–Crippen LogP) is 3.89. The second-order valence-electron chi connectivity index (χ2n) is 9.88. The van der Waals surface area contributed by atoms with Crippen LogP contribution in [0.4, 0.5) is 0 Å². The average Bonchev–Trinajstić information content (AvgIpc) is 3.70. The molecule has 0 aliphatic carbocycles. The van der Waals surface area contributed by atoms with Crippen LogP contribution in [0.25, 0.3) is 28.2 Å². The Labute approximate surface area is 227 Å². The summed E-state index contributed by atoms with van der Waals surface area (Å²) in [5.41, 5.74) is 7.37. The lowest BCUT2D eigenvalue weighted by atomic mass is 9.93. The number of aromatic nitrogens is 7. The topological polar surface area (TPSA) is 109 Å². The maximum atomic E-state index is 5.56. The summed E-state index contributed by atoms with van der Waals surface area (Å²) in [6.45, 7) is 7.85. The molecule has 0 amide bonds. The normalized spacial score (nSPS) is 15.9. The maximum absolute atomic E-state index is 5.56. The van der Waals surface area contributed by atoms with Crippen molar-refractivity contribution < 1.29 is 4.74 Å². The van der Waals surface area contributed by atoms with E-state index in [4.69, 9.17) is 9.72 Å². The van der Waals surface area contributed by atoms with Crippen molar-refractivity contribution >= 4 is 5.65 Å². The fraction of sp³-hybridized carbons (Fsp3) is 0.345. The summed E-state index contributed by atoms with van der Waals surface area (Å²) in [6.07, 6.45) is 5.64. The van der Waals surface area contributed by atoms with Crippen molar-refractivity contribution in [1.82, 2.24) is 45.4 Å². The highest BCUT2D eigenvalue weighted by molar-refractivity contribution is 5.80. The van der Waals surface area contributed by atoms with Crippen LogP contribution >= 0.6 is 0 Å². The minimum absolute atomic E-state index is 0.100. The van der Waals surface area contributed by atoms with Gasteiger partial charge in [0.05, 0.1) is 37.3 Å². The van der Waals surface area contributed by atoms with E-state index in [1.54, 1.807) is 0 Å². The van der Waals surface area contributed by atoms with Gasteiger partial charge in [0.1, 0.15) is 0 Å². The van der Waals surface area contributed by atoms with Crippen LogP contribution < -0.4 is 5.32 Å². The third-order valence-electron chi connectivity index (χ3n) is 7.46. The third kappa shape index (κ3) is 5.31. The molecule has 1 aliphatic heterocycles. The van der Waals surface area contributed by atoms with E-state index in [9.17, 15) is 0 Å². The molecular formula is C29H33N9O. The summed E-state index contributed by atoms with van der Waals surface area (Å²) in [5.74, 6) is 0.573. The zero-order chi connectivity index (χ0) is 26.6. The number of nitrogens with one attached hydrogen (secondary N) is 2. The molecule has 2 aromatic carbocycles. The van der Waals surface area contributed by atoms with Crippen molar-refractivity contribution in [2.75, 3.05) is 26.3 Å². The predicted molar refractivity (Wildman–Crippen MR) is 149 cm³/mol. The standard InChI is InChI=1S/C29H33N9O/c1-3-26(32-20(2)37-13-15-39-16-14-37)28-23(19-30-27-11-12-31-38(27)28)17-21-9-10-24(22-7-5-4-6-8-22)25(18-21)29-33-35-36-34-29/h4-12,18-20,26,32H,3,13-17H2,1-2H3,(H,33,34,35,36). The minimum Gasteiger partial charge on any atom is -0.379 e. The number of fused-ring (bicyclic) bond motifs is 1. The second kappa shape index (κ2) is 11.4. The smallest absolute Gasteiger partial charge is 0.205 e. The van der Waals surface area contributed by atoms with E-state index in [1.807, 2.05) is 41.2 Å². The lowest BCUT2D eigenvalue weighted by molar-refractivity contribution is 0.0101. The molecule has 2 unspecified atom stereocenters. The fourth-order valence-corrected chi connectivity index (χ4v) is 5.44. The van der Waals surface area contributed by atoms with Crippen molar-refractivity contribution in [3.8, 4) is 22.5 Å². The van der Waals surface area contributed by atoms with Crippen molar-refractivity contribution in [3.63, 3.8) is 0 Å². The van der Waals surface area contributed by atoms with Crippen LogP contribution in [0.2, 0.25) is 0 Å². The van der Waals surface area contributed by atoms with Crippen molar-refractivity contribution in [1.29, 1.82) is 0 Å². The Morgan fingerprint density at radius 1 is 1.05 bits per heavy atom. The summed E-state index contributed by atoms with van der Waals surface area (Å²) >= 11 is 0. The quantitative estimate of drug-likeness (QED) is 0.300. The largest absolute Gasteiger partial charge is 0.379 e. The van der Waals surface area contributed by atoms with E-state index in [2.05, 4.69) is 80.1 Å². The molecule has 6 rings (SSSR count). The van der Waals surface area contributed by atoms with Crippen molar-refractivity contribution in [2.24, 2.45) is 0 Å². The van der Waals surface area contributed by atoms with Crippen LogP contribution in [0.15, 0.2) is 67.0 Å². The molecule has 4 heterocycles. The number of ether oxygens (including phenoxy) is 1. The Balaban J connectivity index is 1.37. The van der Waals surface area contributed by atoms with Crippen molar-refractivity contribution in [3.05, 3.63) is 83.8 Å². The van der Waals surface area contributed by atoms with Crippen LogP contribution in [0, 0.1) is 0 Å². The van der Waals surface area contributed by atoms with Crippen molar-refractivity contribution in [2.45, 2.75) is 38.9 Å². The van der Waals surface area contributed by atoms with E-state index in [1.165, 1.54) is 0 Å². The second-order valence-corrected chi connectivity index (χ2v) is 9.88. The summed E-state index contributed by atoms with van der Waals surface area (Å²) in [5, 5.41) is 23.5. The molecule has 39 heavy (non-hydrogen) atoms. The lowest BCUT2D eigenvalue weighted by Gasteiger charge is -2.35. The van der Waals surface area contributed by atoms with Gasteiger partial charge in [-0.15, -0.1) is 10.2 Å². The molecule has 0 bridgehead atoms. The zero-order valence-electron chi connectivity index (χ0n) is 22.3. The first-order chi connectivity index (χ1) is 19.2. The van der Waals surface area contributed by atoms with Gasteiger partial charge in [-0.2, -0.15) is 10.3 Å². The number of tetrazole rings is 1. The van der Waals surface area contributed by atoms with Gasteiger partial charge in [-0.25, -0.2) is 9.50 Å². The molecule has 2 atom stereocenters. The van der Waals surface area contributed by atoms with Crippen LogP contribution in [0.5, 0.6) is 0 Å². The molecule has 3 aromatic heterocycles. The first kappa shape index (κ1) is 25.3. The highest BCUT2D eigenvalue weighted by atomic mass is 16.5. The van der Waals surface area contributed by atoms with Crippen LogP contribution in [0.1, 0.15) is 43.1 Å². The molecule has 1 aliphatic rings. The van der Waals surface area contributed by atoms with Gasteiger partial charge in [-0.05, 0) is 46.9 Å². The monoisotopic (exact) mass is 523 g/mol. The zero-order valence-corrected chi connectivity index (χ0v) is 22.3. The number of rotatable bonds is 9. The molecule has 200 valence electrons. The van der Waals surface area contributed by atoms with Gasteiger partial charge < -0.3 is 4.74 Å². The Bertz CT molecular complexity index is 1510. The van der Waals surface area contributed by atoms with Gasteiger partial charge in [0, 0.05) is 37.3 Å². The van der Waals surface area contributed by atoms with E-state index in [0.717, 1.165) is 71.9 Å². The van der Waals surface area contributed by atoms with Crippen LogP contribution in [-0.4, -0.2) is 72.6 Å². The summed E-state index contributed by atoms with van der Waals surface area (Å²) in [7, 11) is 0. The lowest BCUT2D eigenvalue weighted by Crippen LogP contribution is -2.50. The van der Waals surface area contributed by atoms with E-state index < -0.39 is 0 Å². The van der Waals surface area contributed by atoms with Crippen LogP contribution in [0.3, 0.4) is 0 Å². The fourth-order valence-electron chi connectivity index (χ4n) is 5.44. The average molecular weight is 524 g/mol. The van der Waals surface area contributed by atoms with Gasteiger partial charge in [0.25, 0.3) is 0 Å². The summed E-state index contributed by atoms with van der Waals surface area (Å²) in [6, 6.07) is 18.8. The first-order valence-corrected chi connectivity index (χ1v) is 13.5. The van der Waals surface area contributed by atoms with Gasteiger partial charge in [0.15, 0.2) is 5.65 Å². The molecule has 0 radical (unpaired) electrons. The molecule has 0 spiro atoms. The minimum atomic E-state index is 0.100. The first-order valence-electron chi connectivity index (χ1n) is 13.5. The molecule has 5 aromatic rings. The van der Waals surface area contributed by atoms with E-state index in [0.29, 0.717) is 12.2 Å². The Morgan fingerprint density at radius 2 is 1.90 bits per heavy atom. The molecule has 1 saturated heterocycles. The Hall–Kier alpha value is -3.99. The van der Waals surface area contributed by atoms with Gasteiger partial charge in [-0.1, -0.05) is 49.4 Å². The molecule has 0 saturated carbocycles. The number of benzene rings is 2. The SMILES string of the molecule is CCC(NC(C)N1CCOCC1)c1c(Cc2ccc(-c3ccccc3)c(-c3nn[nH]n3)c2)cnc2ccnn12. The highest BCUT2D eigenvalue weighted by Crippen LogP contribution is 2.32. The number of hydrogen-bond donors (Lipinski definition) is 2. The third-order valence-corrected chi connectivity index (χ3v) is 7.46. The van der Waals surface area contributed by atoms with Gasteiger partial charge in [0.2, 0.25) is 5.82 Å². The number of H-pyrrole nitrogens is 1. The van der Waals surface area contributed by atoms with E-state index >= 15 is 0 Å². The van der Waals surface area contributed by atoms with Gasteiger partial charge in [-0.3, -0.25) is 10.2 Å². The summed E-state index contributed by atoms with van der Waals surface area (Å²) < 4.78 is 7.55. The molecular weight excluding hydrogens is 490 g/mol. The van der Waals surface area contributed by atoms with Crippen LogP contribution in [-0.2, 0) is 11.2 Å². The molecule has 2 N–H and O–H groups in total. The Kier molecular flexibility index (Phi) is 7.40. The number of morpholine rings is 1. The number of nitrogens with zero attached hydrogens (tertiary/aromatic N) is 7. The Morgan fingerprint density at radius 3 is 2.67 bits per heavy atom. The van der Waals surface area contributed by atoms with E-state index in [-0.39, 0.29) is 12.2 Å². The number of aromatic amines is 1. The summed E-state index contributed by atoms with van der Waals surface area (Å²) in [4.78, 5) is 7.16.